The van der Waals surface area contributed by atoms with Crippen molar-refractivity contribution in [1.82, 2.24) is 10.3 Å². The molecule has 2 rings (SSSR count). The first-order chi connectivity index (χ1) is 8.74. The summed E-state index contributed by atoms with van der Waals surface area (Å²) in [5.41, 5.74) is 1.24. The van der Waals surface area contributed by atoms with Gasteiger partial charge in [-0.05, 0) is 19.3 Å². The summed E-state index contributed by atoms with van der Waals surface area (Å²) in [7, 11) is 3.81. The molecule has 0 spiro atoms. The Kier molecular flexibility index (Phi) is 4.97. The fraction of sp³-hybridized carbons (Fsp3) is 0.769. The summed E-state index contributed by atoms with van der Waals surface area (Å²) in [6.07, 6.45) is 3.68. The van der Waals surface area contributed by atoms with Crippen molar-refractivity contribution >= 4 is 16.5 Å². The van der Waals surface area contributed by atoms with Gasteiger partial charge in [-0.1, -0.05) is 6.92 Å². The molecule has 0 amide bonds. The average Bonchev–Trinajstić information content (AvgIpc) is 3.12. The van der Waals surface area contributed by atoms with E-state index in [0.29, 0.717) is 0 Å². The molecule has 1 aromatic heterocycles. The second kappa shape index (κ2) is 6.50. The number of nitrogens with zero attached hydrogens (tertiary/aromatic N) is 2. The minimum atomic E-state index is 0.743. The molecule has 0 atom stereocenters. The van der Waals surface area contributed by atoms with Crippen LogP contribution in [0.5, 0.6) is 0 Å². The molecular weight excluding hydrogens is 246 g/mol. The molecule has 1 fully saturated rings. The van der Waals surface area contributed by atoms with Gasteiger partial charge in [-0.2, -0.15) is 0 Å². The van der Waals surface area contributed by atoms with E-state index < -0.39 is 0 Å². The molecular formula is C13H23N3OS. The van der Waals surface area contributed by atoms with Crippen molar-refractivity contribution in [3.8, 4) is 0 Å². The molecule has 102 valence electrons. The van der Waals surface area contributed by atoms with Crippen LogP contribution in [0.2, 0.25) is 0 Å². The van der Waals surface area contributed by atoms with Gasteiger partial charge in [0.1, 0.15) is 0 Å². The van der Waals surface area contributed by atoms with Gasteiger partial charge >= 0.3 is 0 Å². The minimum Gasteiger partial charge on any atom is -0.383 e. The van der Waals surface area contributed by atoms with Crippen LogP contribution in [-0.4, -0.2) is 38.3 Å². The van der Waals surface area contributed by atoms with Crippen LogP contribution >= 0.6 is 11.3 Å². The monoisotopic (exact) mass is 269 g/mol. The minimum absolute atomic E-state index is 0.743. The fourth-order valence-corrected chi connectivity index (χ4v) is 2.88. The lowest BCUT2D eigenvalue weighted by atomic mass is 10.3. The zero-order valence-corrected chi connectivity index (χ0v) is 12.3. The molecule has 1 saturated carbocycles. The van der Waals surface area contributed by atoms with Crippen LogP contribution in [0, 0.1) is 0 Å². The molecule has 5 heteroatoms. The summed E-state index contributed by atoms with van der Waals surface area (Å²) in [6.45, 7) is 4.79. The van der Waals surface area contributed by atoms with Gasteiger partial charge in [0.15, 0.2) is 5.13 Å². The van der Waals surface area contributed by atoms with Gasteiger partial charge in [0.2, 0.25) is 0 Å². The van der Waals surface area contributed by atoms with E-state index in [-0.39, 0.29) is 0 Å². The Bertz CT molecular complexity index is 376. The molecule has 0 aromatic carbocycles. The number of anilines is 1. The van der Waals surface area contributed by atoms with Gasteiger partial charge in [0.25, 0.3) is 0 Å². The SMILES string of the molecule is CCc1nc(N(C)CCOC)sc1CNC1CC1. The quantitative estimate of drug-likeness (QED) is 0.783. The van der Waals surface area contributed by atoms with Crippen molar-refractivity contribution in [2.45, 2.75) is 38.8 Å². The number of hydrogen-bond donors (Lipinski definition) is 1. The van der Waals surface area contributed by atoms with Crippen molar-refractivity contribution in [3.05, 3.63) is 10.6 Å². The van der Waals surface area contributed by atoms with Crippen LogP contribution in [0.1, 0.15) is 30.3 Å². The molecule has 0 unspecified atom stereocenters. The first-order valence-corrected chi connectivity index (χ1v) is 7.48. The van der Waals surface area contributed by atoms with Crippen LogP contribution in [0.15, 0.2) is 0 Å². The third-order valence-electron chi connectivity index (χ3n) is 3.19. The van der Waals surface area contributed by atoms with Gasteiger partial charge in [-0.25, -0.2) is 4.98 Å². The number of aromatic nitrogens is 1. The van der Waals surface area contributed by atoms with Crippen LogP contribution < -0.4 is 10.2 Å². The topological polar surface area (TPSA) is 37.4 Å². The molecule has 1 aromatic rings. The Labute approximate surface area is 113 Å². The predicted octanol–water partition coefficient (Wildman–Crippen LogP) is 2.04. The van der Waals surface area contributed by atoms with Crippen molar-refractivity contribution in [3.63, 3.8) is 0 Å². The summed E-state index contributed by atoms with van der Waals surface area (Å²) < 4.78 is 5.11. The summed E-state index contributed by atoms with van der Waals surface area (Å²) in [5.74, 6) is 0. The van der Waals surface area contributed by atoms with Gasteiger partial charge in [-0.15, -0.1) is 11.3 Å². The predicted molar refractivity (Wildman–Crippen MR) is 76.5 cm³/mol. The number of hydrogen-bond acceptors (Lipinski definition) is 5. The second-order valence-electron chi connectivity index (χ2n) is 4.79. The maximum atomic E-state index is 5.11. The van der Waals surface area contributed by atoms with Crippen molar-refractivity contribution in [1.29, 1.82) is 0 Å². The van der Waals surface area contributed by atoms with E-state index >= 15 is 0 Å². The number of likely N-dealkylation sites (N-methyl/N-ethyl adjacent to an activating group) is 1. The van der Waals surface area contributed by atoms with Crippen LogP contribution in [0.3, 0.4) is 0 Å². The zero-order valence-electron chi connectivity index (χ0n) is 11.5. The third-order valence-corrected chi connectivity index (χ3v) is 4.40. The average molecular weight is 269 g/mol. The van der Waals surface area contributed by atoms with Crippen LogP contribution in [0.25, 0.3) is 0 Å². The highest BCUT2D eigenvalue weighted by molar-refractivity contribution is 7.15. The molecule has 0 radical (unpaired) electrons. The first-order valence-electron chi connectivity index (χ1n) is 6.66. The van der Waals surface area contributed by atoms with Gasteiger partial charge in [0.05, 0.1) is 12.3 Å². The second-order valence-corrected chi connectivity index (χ2v) is 5.85. The fourth-order valence-electron chi connectivity index (χ4n) is 1.80. The Morgan fingerprint density at radius 2 is 2.28 bits per heavy atom. The smallest absolute Gasteiger partial charge is 0.185 e. The molecule has 0 saturated heterocycles. The molecule has 1 aliphatic carbocycles. The summed E-state index contributed by atoms with van der Waals surface area (Å²) in [4.78, 5) is 8.30. The van der Waals surface area contributed by atoms with E-state index in [1.165, 1.54) is 23.4 Å². The lowest BCUT2D eigenvalue weighted by Crippen LogP contribution is -2.21. The number of aryl methyl sites for hydroxylation is 1. The molecule has 1 heterocycles. The maximum absolute atomic E-state index is 5.11. The highest BCUT2D eigenvalue weighted by Gasteiger charge is 2.21. The first kappa shape index (κ1) is 13.8. The van der Waals surface area contributed by atoms with Gasteiger partial charge < -0.3 is 15.0 Å². The number of methoxy groups -OCH3 is 1. The molecule has 4 nitrogen and oxygen atoms in total. The Morgan fingerprint density at radius 1 is 1.50 bits per heavy atom. The Hall–Kier alpha value is -0.650. The van der Waals surface area contributed by atoms with Gasteiger partial charge in [0, 0.05) is 38.2 Å². The number of rotatable bonds is 8. The van der Waals surface area contributed by atoms with Crippen molar-refractivity contribution in [2.75, 3.05) is 32.2 Å². The van der Waals surface area contributed by atoms with E-state index in [9.17, 15) is 0 Å². The van der Waals surface area contributed by atoms with E-state index in [1.807, 2.05) is 11.3 Å². The van der Waals surface area contributed by atoms with Gasteiger partial charge in [-0.3, -0.25) is 0 Å². The largest absolute Gasteiger partial charge is 0.383 e. The lowest BCUT2D eigenvalue weighted by Gasteiger charge is -2.14. The molecule has 0 bridgehead atoms. The summed E-state index contributed by atoms with van der Waals surface area (Å²) in [6, 6.07) is 0.756. The molecule has 1 aliphatic rings. The van der Waals surface area contributed by atoms with Crippen molar-refractivity contribution < 1.29 is 4.74 Å². The standard InChI is InChI=1S/C13H23N3OS/c1-4-11-12(9-14-10-5-6-10)18-13(15-11)16(2)7-8-17-3/h10,14H,4-9H2,1-3H3. The third kappa shape index (κ3) is 3.67. The van der Waals surface area contributed by atoms with Crippen molar-refractivity contribution in [2.24, 2.45) is 0 Å². The number of thiazole rings is 1. The lowest BCUT2D eigenvalue weighted by molar-refractivity contribution is 0.206. The normalized spacial score (nSPS) is 15.1. The molecule has 0 aliphatic heterocycles. The summed E-state index contributed by atoms with van der Waals surface area (Å²) in [5, 5.41) is 4.68. The van der Waals surface area contributed by atoms with Crippen LogP contribution in [-0.2, 0) is 17.7 Å². The van der Waals surface area contributed by atoms with E-state index in [4.69, 9.17) is 9.72 Å². The maximum Gasteiger partial charge on any atom is 0.185 e. The zero-order chi connectivity index (χ0) is 13.0. The highest BCUT2D eigenvalue weighted by atomic mass is 32.1. The Morgan fingerprint density at radius 3 is 2.89 bits per heavy atom. The molecule has 1 N–H and O–H groups in total. The van der Waals surface area contributed by atoms with Crippen LogP contribution in [0.4, 0.5) is 5.13 Å². The van der Waals surface area contributed by atoms with E-state index in [0.717, 1.165) is 37.3 Å². The Balaban J connectivity index is 1.97. The molecule has 18 heavy (non-hydrogen) atoms. The summed E-state index contributed by atoms with van der Waals surface area (Å²) >= 11 is 1.81. The van der Waals surface area contributed by atoms with E-state index in [1.54, 1.807) is 7.11 Å². The number of ether oxygens (including phenoxy) is 1. The highest BCUT2D eigenvalue weighted by Crippen LogP contribution is 2.27. The number of nitrogens with one attached hydrogen (secondary N) is 1. The van der Waals surface area contributed by atoms with E-state index in [2.05, 4.69) is 24.2 Å².